The van der Waals surface area contributed by atoms with E-state index in [0.717, 1.165) is 62.5 Å². The van der Waals surface area contributed by atoms with Crippen molar-refractivity contribution in [3.8, 4) is 0 Å². The first kappa shape index (κ1) is 37.4. The van der Waals surface area contributed by atoms with Crippen LogP contribution in [0.5, 0.6) is 0 Å². The van der Waals surface area contributed by atoms with Crippen LogP contribution in [0.2, 0.25) is 0 Å². The summed E-state index contributed by atoms with van der Waals surface area (Å²) < 4.78 is 26.3. The minimum Gasteiger partial charge on any atom is -0.341 e. The average molecular weight is 669 g/mol. The summed E-state index contributed by atoms with van der Waals surface area (Å²) in [7, 11) is -7.76. The molecule has 8 nitrogen and oxygen atoms in total. The van der Waals surface area contributed by atoms with E-state index in [1.165, 1.54) is 0 Å². The predicted octanol–water partition coefficient (Wildman–Crippen LogP) is 6.70. The molecule has 0 aliphatic rings. The molecule has 46 heavy (non-hydrogen) atoms. The molecule has 10 heteroatoms. The Morgan fingerprint density at radius 2 is 0.957 bits per heavy atom. The zero-order valence-electron chi connectivity index (χ0n) is 27.3. The van der Waals surface area contributed by atoms with E-state index in [9.17, 15) is 28.5 Å². The van der Waals surface area contributed by atoms with E-state index in [1.807, 2.05) is 24.3 Å². The van der Waals surface area contributed by atoms with Crippen LogP contribution < -0.4 is 10.6 Å². The third-order valence-corrected chi connectivity index (χ3v) is 11.6. The molecule has 3 rings (SSSR count). The first-order valence-electron chi connectivity index (χ1n) is 16.4. The van der Waals surface area contributed by atoms with Crippen molar-refractivity contribution in [1.82, 2.24) is 9.80 Å². The molecule has 0 fully saturated rings. The maximum absolute atomic E-state index is 13.5. The molecule has 3 aromatic carbocycles. The van der Waals surface area contributed by atoms with Crippen molar-refractivity contribution in [3.63, 3.8) is 0 Å². The van der Waals surface area contributed by atoms with Gasteiger partial charge in [-0.1, -0.05) is 113 Å². The summed E-state index contributed by atoms with van der Waals surface area (Å²) in [6.45, 7) is 5.75. The molecular weight excluding hydrogens is 618 g/mol. The smallest absolute Gasteiger partial charge is 0.238 e. The standard InChI is InChI=1S/C36H50N2O6P2/c1-3-5-7-15-24-37(35(39)29-45(41,42)33-20-11-9-12-21-33)27-31-18-17-19-32(26-31)28-38(25-16-8-6-4-2)36(40)30-46(43,44)34-22-13-10-14-23-34/h9-14,17-23,26H,3-8,15-16,24-25,27-30H2,1-2H3,(H,41,42)(H,43,44). The van der Waals surface area contributed by atoms with Crippen molar-refractivity contribution < 1.29 is 28.5 Å². The fourth-order valence-corrected chi connectivity index (χ4v) is 8.16. The molecule has 0 spiro atoms. The highest BCUT2D eigenvalue weighted by Gasteiger charge is 2.29. The van der Waals surface area contributed by atoms with Crippen LogP contribution in [0.4, 0.5) is 0 Å². The van der Waals surface area contributed by atoms with Gasteiger partial charge < -0.3 is 19.6 Å². The van der Waals surface area contributed by atoms with Gasteiger partial charge in [0.25, 0.3) is 0 Å². The molecule has 3 aromatic rings. The number of amides is 2. The molecule has 0 bridgehead atoms. The zero-order chi connectivity index (χ0) is 33.4. The summed E-state index contributed by atoms with van der Waals surface area (Å²) in [5, 5.41) is 0.527. The number of nitrogens with zero attached hydrogens (tertiary/aromatic N) is 2. The Morgan fingerprint density at radius 1 is 0.565 bits per heavy atom. The maximum atomic E-state index is 13.5. The highest BCUT2D eigenvalue weighted by Crippen LogP contribution is 2.40. The van der Waals surface area contributed by atoms with Crippen LogP contribution in [-0.4, -0.2) is 56.8 Å². The molecule has 2 unspecified atom stereocenters. The van der Waals surface area contributed by atoms with Gasteiger partial charge in [-0.05, 0) is 48.2 Å². The second kappa shape index (κ2) is 19.0. The second-order valence-corrected chi connectivity index (χ2v) is 16.4. The molecular formula is C36H50N2O6P2. The molecule has 0 saturated heterocycles. The number of carbonyl (C=O) groups excluding carboxylic acids is 2. The van der Waals surface area contributed by atoms with E-state index >= 15 is 0 Å². The van der Waals surface area contributed by atoms with Crippen LogP contribution in [0, 0.1) is 0 Å². The topological polar surface area (TPSA) is 115 Å². The van der Waals surface area contributed by atoms with Crippen molar-refractivity contribution in [3.05, 3.63) is 96.1 Å². The van der Waals surface area contributed by atoms with Crippen LogP contribution in [0.3, 0.4) is 0 Å². The van der Waals surface area contributed by atoms with E-state index in [0.29, 0.717) is 13.1 Å². The molecule has 2 amide bonds. The quantitative estimate of drug-likeness (QED) is 0.102. The van der Waals surface area contributed by atoms with Crippen LogP contribution in [0.25, 0.3) is 0 Å². The van der Waals surface area contributed by atoms with Crippen molar-refractivity contribution in [2.75, 3.05) is 25.4 Å². The van der Waals surface area contributed by atoms with Gasteiger partial charge in [-0.15, -0.1) is 0 Å². The molecule has 0 aliphatic carbocycles. The number of carbonyl (C=O) groups is 2. The van der Waals surface area contributed by atoms with E-state index in [2.05, 4.69) is 13.8 Å². The number of unbranched alkanes of at least 4 members (excludes halogenated alkanes) is 6. The molecule has 0 aliphatic heterocycles. The number of hydrogen-bond acceptors (Lipinski definition) is 4. The van der Waals surface area contributed by atoms with Gasteiger partial charge in [-0.2, -0.15) is 0 Å². The highest BCUT2D eigenvalue weighted by molar-refractivity contribution is 7.67. The third kappa shape index (κ3) is 12.3. The fourth-order valence-electron chi connectivity index (χ4n) is 5.38. The molecule has 0 aromatic heterocycles. The van der Waals surface area contributed by atoms with Crippen molar-refractivity contribution in [1.29, 1.82) is 0 Å². The second-order valence-electron chi connectivity index (χ2n) is 12.0. The number of benzene rings is 3. The maximum Gasteiger partial charge on any atom is 0.238 e. The van der Waals surface area contributed by atoms with E-state index < -0.39 is 27.1 Å². The van der Waals surface area contributed by atoms with E-state index in [1.54, 1.807) is 70.5 Å². The molecule has 250 valence electrons. The Bertz CT molecular complexity index is 1360. The third-order valence-electron chi connectivity index (χ3n) is 8.03. The van der Waals surface area contributed by atoms with E-state index in [-0.39, 0.29) is 35.5 Å². The van der Waals surface area contributed by atoms with E-state index in [4.69, 9.17) is 0 Å². The normalized spacial score (nSPS) is 13.8. The summed E-state index contributed by atoms with van der Waals surface area (Å²) in [6.07, 6.45) is 6.79. The molecule has 2 atom stereocenters. The lowest BCUT2D eigenvalue weighted by molar-refractivity contribution is -0.130. The van der Waals surface area contributed by atoms with Crippen molar-refractivity contribution >= 4 is 37.2 Å². The molecule has 2 N–H and O–H groups in total. The summed E-state index contributed by atoms with van der Waals surface area (Å²) >= 11 is 0. The minimum absolute atomic E-state index is 0.264. The zero-order valence-corrected chi connectivity index (χ0v) is 29.1. The first-order valence-corrected chi connectivity index (χ1v) is 20.1. The monoisotopic (exact) mass is 668 g/mol. The number of rotatable bonds is 20. The van der Waals surface area contributed by atoms with Gasteiger partial charge in [0.1, 0.15) is 12.3 Å². The summed E-state index contributed by atoms with van der Waals surface area (Å²) in [5.41, 5.74) is 1.70. The molecule has 0 saturated carbocycles. The Balaban J connectivity index is 1.77. The number of hydrogen-bond donors (Lipinski definition) is 2. The average Bonchev–Trinajstić information content (AvgIpc) is 3.04. The Kier molecular flexibility index (Phi) is 15.4. The van der Waals surface area contributed by atoms with Crippen LogP contribution in [0.1, 0.15) is 76.3 Å². The minimum atomic E-state index is -3.88. The van der Waals surface area contributed by atoms with Gasteiger partial charge in [0.15, 0.2) is 0 Å². The van der Waals surface area contributed by atoms with Gasteiger partial charge in [0, 0.05) is 36.8 Å². The lowest BCUT2D eigenvalue weighted by Gasteiger charge is -2.26. The highest BCUT2D eigenvalue weighted by atomic mass is 31.2. The lowest BCUT2D eigenvalue weighted by atomic mass is 10.1. The van der Waals surface area contributed by atoms with Gasteiger partial charge in [-0.3, -0.25) is 18.7 Å². The van der Waals surface area contributed by atoms with Crippen molar-refractivity contribution in [2.24, 2.45) is 0 Å². The van der Waals surface area contributed by atoms with Crippen LogP contribution >= 0.6 is 14.7 Å². The largest absolute Gasteiger partial charge is 0.341 e. The summed E-state index contributed by atoms with van der Waals surface area (Å²) in [4.78, 5) is 51.8. The summed E-state index contributed by atoms with van der Waals surface area (Å²) in [5.74, 6) is -0.743. The van der Waals surface area contributed by atoms with Gasteiger partial charge in [0.2, 0.25) is 26.6 Å². The van der Waals surface area contributed by atoms with Gasteiger partial charge in [-0.25, -0.2) is 0 Å². The molecule has 0 radical (unpaired) electrons. The lowest BCUT2D eigenvalue weighted by Crippen LogP contribution is -2.35. The van der Waals surface area contributed by atoms with Gasteiger partial charge in [0.05, 0.1) is 0 Å². The Morgan fingerprint density at radius 3 is 1.33 bits per heavy atom. The Hall–Kier alpha value is -3.02. The summed E-state index contributed by atoms with van der Waals surface area (Å²) in [6, 6.07) is 24.3. The Labute approximate surface area is 274 Å². The van der Waals surface area contributed by atoms with Gasteiger partial charge >= 0.3 is 0 Å². The van der Waals surface area contributed by atoms with Crippen LogP contribution in [0.15, 0.2) is 84.9 Å². The molecule has 0 heterocycles. The first-order chi connectivity index (χ1) is 22.1. The SMILES string of the molecule is CCCCCCN(Cc1cccc(CN(CCCCCC)C(=O)CP(=O)(O)c2ccccc2)c1)C(=O)CP(=O)(O)c1ccccc1. The predicted molar refractivity (Wildman–Crippen MR) is 187 cm³/mol. The fraction of sp³-hybridized carbons (Fsp3) is 0.444. The van der Waals surface area contributed by atoms with Crippen LogP contribution in [-0.2, 0) is 31.8 Å². The van der Waals surface area contributed by atoms with Crippen molar-refractivity contribution in [2.45, 2.75) is 78.3 Å².